The van der Waals surface area contributed by atoms with E-state index in [1.165, 1.54) is 18.3 Å². The van der Waals surface area contributed by atoms with E-state index in [4.69, 9.17) is 16.3 Å². The number of ether oxygens (including phenoxy) is 1. The molecule has 0 fully saturated rings. The Morgan fingerprint density at radius 1 is 1.00 bits per heavy atom. The molecule has 0 aliphatic rings. The molecule has 7 nitrogen and oxygen atoms in total. The molecule has 2 aromatic carbocycles. The number of carbonyl (C=O) groups excluding carboxylic acids is 1. The fourth-order valence-corrected chi connectivity index (χ4v) is 4.08. The van der Waals surface area contributed by atoms with E-state index in [0.717, 1.165) is 5.56 Å². The zero-order chi connectivity index (χ0) is 21.4. The number of carbonyl (C=O) groups is 1. The van der Waals surface area contributed by atoms with Crippen LogP contribution in [0.25, 0.3) is 0 Å². The van der Waals surface area contributed by atoms with Gasteiger partial charge in [-0.3, -0.25) is 4.79 Å². The Morgan fingerprint density at radius 2 is 1.73 bits per heavy atom. The largest absolute Gasteiger partial charge is 0.473 e. The summed E-state index contributed by atoms with van der Waals surface area (Å²) in [5.41, 5.74) is 1.51. The fraction of sp³-hybridized carbons (Fsp3) is 0.143. The fourth-order valence-electron chi connectivity index (χ4n) is 2.53. The molecule has 9 heteroatoms. The number of anilines is 1. The lowest BCUT2D eigenvalue weighted by Gasteiger charge is -2.09. The van der Waals surface area contributed by atoms with Gasteiger partial charge in [0, 0.05) is 19.0 Å². The van der Waals surface area contributed by atoms with E-state index in [9.17, 15) is 13.2 Å². The van der Waals surface area contributed by atoms with Crippen molar-refractivity contribution in [3.8, 4) is 5.88 Å². The van der Waals surface area contributed by atoms with Crippen LogP contribution in [0.5, 0.6) is 5.88 Å². The average molecular weight is 446 g/mol. The van der Waals surface area contributed by atoms with Gasteiger partial charge in [0.05, 0.1) is 16.9 Å². The second-order valence-electron chi connectivity index (χ2n) is 6.29. The highest BCUT2D eigenvalue weighted by Gasteiger charge is 2.17. The van der Waals surface area contributed by atoms with Crippen LogP contribution in [-0.4, -0.2) is 25.9 Å². The Morgan fingerprint density at radius 3 is 2.43 bits per heavy atom. The van der Waals surface area contributed by atoms with Gasteiger partial charge >= 0.3 is 0 Å². The Hall–Kier alpha value is -2.94. The lowest BCUT2D eigenvalue weighted by Crippen LogP contribution is -2.28. The van der Waals surface area contributed by atoms with E-state index < -0.39 is 10.0 Å². The second-order valence-corrected chi connectivity index (χ2v) is 8.43. The molecule has 0 atom stereocenters. The molecule has 0 radical (unpaired) electrons. The molecule has 0 aliphatic heterocycles. The molecule has 0 saturated heterocycles. The van der Waals surface area contributed by atoms with Crippen molar-refractivity contribution in [2.75, 3.05) is 11.9 Å². The minimum Gasteiger partial charge on any atom is -0.473 e. The molecule has 2 N–H and O–H groups in total. The van der Waals surface area contributed by atoms with Gasteiger partial charge in [-0.2, -0.15) is 0 Å². The summed E-state index contributed by atoms with van der Waals surface area (Å²) >= 11 is 5.91. The summed E-state index contributed by atoms with van der Waals surface area (Å²) in [6, 6.07) is 19.1. The molecule has 1 amide bonds. The maximum atomic E-state index is 12.2. The number of rotatable bonds is 9. The summed E-state index contributed by atoms with van der Waals surface area (Å²) in [4.78, 5) is 16.2. The third-order valence-corrected chi connectivity index (χ3v) is 5.98. The van der Waals surface area contributed by atoms with Crippen molar-refractivity contribution >= 4 is 33.2 Å². The van der Waals surface area contributed by atoms with Gasteiger partial charge in [-0.05, 0) is 23.8 Å². The van der Waals surface area contributed by atoms with Gasteiger partial charge in [0.1, 0.15) is 11.5 Å². The molecule has 0 saturated carbocycles. The van der Waals surface area contributed by atoms with Crippen molar-refractivity contribution in [1.82, 2.24) is 9.71 Å². The Bertz CT molecular complexity index is 1090. The third-order valence-electron chi connectivity index (χ3n) is 4.02. The standard InChI is InChI=1S/C21H20ClN3O4S/c22-18-8-4-5-9-19(18)30(27,28)24-13-12-20(26)25-17-10-11-21(23-14-17)29-15-16-6-2-1-3-7-16/h1-11,14,24H,12-13,15H2,(H,25,26). The first-order valence-corrected chi connectivity index (χ1v) is 11.0. The van der Waals surface area contributed by atoms with Crippen LogP contribution < -0.4 is 14.8 Å². The average Bonchev–Trinajstić information content (AvgIpc) is 2.74. The number of amides is 1. The number of pyridine rings is 1. The number of hydrogen-bond acceptors (Lipinski definition) is 5. The van der Waals surface area contributed by atoms with E-state index in [1.54, 1.807) is 24.3 Å². The number of hydrogen-bond donors (Lipinski definition) is 2. The van der Waals surface area contributed by atoms with Crippen LogP contribution in [0.4, 0.5) is 5.69 Å². The summed E-state index contributed by atoms with van der Waals surface area (Å²) < 4.78 is 32.4. The van der Waals surface area contributed by atoms with Crippen molar-refractivity contribution in [2.45, 2.75) is 17.9 Å². The summed E-state index contributed by atoms with van der Waals surface area (Å²) in [6.45, 7) is 0.330. The molecular weight excluding hydrogens is 426 g/mol. The number of sulfonamides is 1. The Balaban J connectivity index is 1.45. The van der Waals surface area contributed by atoms with Gasteiger partial charge in [0.15, 0.2) is 0 Å². The van der Waals surface area contributed by atoms with Gasteiger partial charge in [-0.1, -0.05) is 54.1 Å². The monoisotopic (exact) mass is 445 g/mol. The molecule has 0 spiro atoms. The zero-order valence-corrected chi connectivity index (χ0v) is 17.5. The lowest BCUT2D eigenvalue weighted by molar-refractivity contribution is -0.116. The van der Waals surface area contributed by atoms with Crippen LogP contribution in [0.2, 0.25) is 5.02 Å². The number of aromatic nitrogens is 1. The normalized spacial score (nSPS) is 11.1. The SMILES string of the molecule is O=C(CCNS(=O)(=O)c1ccccc1Cl)Nc1ccc(OCc2ccccc2)nc1. The van der Waals surface area contributed by atoms with Gasteiger partial charge < -0.3 is 10.1 Å². The summed E-state index contributed by atoms with van der Waals surface area (Å²) in [5, 5.41) is 2.78. The predicted octanol–water partition coefficient (Wildman–Crippen LogP) is 3.62. The van der Waals surface area contributed by atoms with Gasteiger partial charge in [0.2, 0.25) is 21.8 Å². The maximum Gasteiger partial charge on any atom is 0.242 e. The molecule has 3 rings (SSSR count). The highest BCUT2D eigenvalue weighted by molar-refractivity contribution is 7.89. The van der Waals surface area contributed by atoms with Crippen molar-refractivity contribution in [2.24, 2.45) is 0 Å². The smallest absolute Gasteiger partial charge is 0.242 e. The topological polar surface area (TPSA) is 97.4 Å². The van der Waals surface area contributed by atoms with Crippen LogP contribution in [0.1, 0.15) is 12.0 Å². The van der Waals surface area contributed by atoms with Crippen molar-refractivity contribution in [3.05, 3.63) is 83.5 Å². The van der Waals surface area contributed by atoms with E-state index in [0.29, 0.717) is 18.2 Å². The molecule has 0 aliphatic carbocycles. The van der Waals surface area contributed by atoms with Crippen molar-refractivity contribution in [1.29, 1.82) is 0 Å². The highest BCUT2D eigenvalue weighted by atomic mass is 35.5. The number of halogens is 1. The molecule has 3 aromatic rings. The minimum atomic E-state index is -3.79. The first-order chi connectivity index (χ1) is 14.4. The van der Waals surface area contributed by atoms with Gasteiger partial charge in [0.25, 0.3) is 0 Å². The van der Waals surface area contributed by atoms with Crippen LogP contribution in [0, 0.1) is 0 Å². The number of benzene rings is 2. The number of nitrogens with one attached hydrogen (secondary N) is 2. The van der Waals surface area contributed by atoms with Crippen molar-refractivity contribution < 1.29 is 17.9 Å². The Labute approximate surface area is 180 Å². The maximum absolute atomic E-state index is 12.2. The van der Waals surface area contributed by atoms with Crippen LogP contribution in [-0.2, 0) is 21.4 Å². The Kier molecular flexibility index (Phi) is 7.40. The number of nitrogens with zero attached hydrogens (tertiary/aromatic N) is 1. The first-order valence-electron chi connectivity index (χ1n) is 9.11. The molecule has 156 valence electrons. The summed E-state index contributed by atoms with van der Waals surface area (Å²) in [5.74, 6) is 0.0842. The van der Waals surface area contributed by atoms with E-state index in [2.05, 4.69) is 15.0 Å². The molecule has 1 heterocycles. The van der Waals surface area contributed by atoms with E-state index in [-0.39, 0.29) is 28.8 Å². The van der Waals surface area contributed by atoms with Gasteiger partial charge in [-0.15, -0.1) is 0 Å². The summed E-state index contributed by atoms with van der Waals surface area (Å²) in [7, 11) is -3.79. The quantitative estimate of drug-likeness (QED) is 0.524. The van der Waals surface area contributed by atoms with Crippen LogP contribution >= 0.6 is 11.6 Å². The highest BCUT2D eigenvalue weighted by Crippen LogP contribution is 2.20. The molecular formula is C21H20ClN3O4S. The molecule has 30 heavy (non-hydrogen) atoms. The van der Waals surface area contributed by atoms with Gasteiger partial charge in [-0.25, -0.2) is 18.1 Å². The van der Waals surface area contributed by atoms with Crippen molar-refractivity contribution in [3.63, 3.8) is 0 Å². The molecule has 0 unspecified atom stereocenters. The molecule has 1 aromatic heterocycles. The summed E-state index contributed by atoms with van der Waals surface area (Å²) in [6.07, 6.45) is 1.43. The van der Waals surface area contributed by atoms with Crippen LogP contribution in [0.3, 0.4) is 0 Å². The van der Waals surface area contributed by atoms with E-state index in [1.807, 2.05) is 30.3 Å². The minimum absolute atomic E-state index is 0.0256. The van der Waals surface area contributed by atoms with E-state index >= 15 is 0 Å². The third kappa shape index (κ3) is 6.28. The zero-order valence-electron chi connectivity index (χ0n) is 15.9. The lowest BCUT2D eigenvalue weighted by atomic mass is 10.2. The molecule has 0 bridgehead atoms. The predicted molar refractivity (Wildman–Crippen MR) is 115 cm³/mol. The first kappa shape index (κ1) is 21.8. The van der Waals surface area contributed by atoms with Crippen LogP contribution in [0.15, 0.2) is 77.8 Å². The second kappa shape index (κ2) is 10.2.